The Bertz CT molecular complexity index is 736. The quantitative estimate of drug-likeness (QED) is 0.367. The summed E-state index contributed by atoms with van der Waals surface area (Å²) >= 11 is 0. The van der Waals surface area contributed by atoms with Gasteiger partial charge in [-0.25, -0.2) is 0 Å². The van der Waals surface area contributed by atoms with Crippen LogP contribution in [0.3, 0.4) is 0 Å². The van der Waals surface area contributed by atoms with Crippen molar-refractivity contribution in [2.24, 2.45) is 11.8 Å². The van der Waals surface area contributed by atoms with E-state index in [0.29, 0.717) is 43.6 Å². The number of aliphatic carboxylic acids is 1. The van der Waals surface area contributed by atoms with Crippen molar-refractivity contribution < 1.29 is 19.4 Å². The molecule has 1 aromatic rings. The molecular formula is C25H36N2O4. The number of carboxylic acid groups (broad SMARTS) is 1. The van der Waals surface area contributed by atoms with E-state index in [1.54, 1.807) is 0 Å². The molecule has 2 fully saturated rings. The molecule has 1 amide bonds. The minimum absolute atomic E-state index is 0.0961. The highest BCUT2D eigenvalue weighted by Gasteiger charge is 2.47. The summed E-state index contributed by atoms with van der Waals surface area (Å²) in [5, 5.41) is 12.1. The number of carbonyl (C=O) groups excluding carboxylic acids is 1. The monoisotopic (exact) mass is 428 g/mol. The van der Waals surface area contributed by atoms with Gasteiger partial charge in [-0.2, -0.15) is 0 Å². The number of likely N-dealkylation sites (N-methyl/N-ethyl adjacent to an activating group) is 1. The minimum atomic E-state index is -0.730. The number of nitrogens with zero attached hydrogens (tertiary/aromatic N) is 1. The van der Waals surface area contributed by atoms with E-state index in [-0.39, 0.29) is 12.3 Å². The summed E-state index contributed by atoms with van der Waals surface area (Å²) in [5.41, 5.74) is 0.938. The molecule has 2 aliphatic rings. The maximum atomic E-state index is 12.6. The van der Waals surface area contributed by atoms with Crippen LogP contribution in [0.25, 0.3) is 0 Å². The maximum absolute atomic E-state index is 12.6. The Morgan fingerprint density at radius 2 is 1.90 bits per heavy atom. The Kier molecular flexibility index (Phi) is 9.10. The number of para-hydroxylation sites is 1. The summed E-state index contributed by atoms with van der Waals surface area (Å²) in [7, 11) is 0. The first-order chi connectivity index (χ1) is 15.1. The van der Waals surface area contributed by atoms with Gasteiger partial charge >= 0.3 is 5.97 Å². The van der Waals surface area contributed by atoms with Crippen molar-refractivity contribution in [2.75, 3.05) is 24.5 Å². The van der Waals surface area contributed by atoms with E-state index in [2.05, 4.69) is 17.5 Å². The third kappa shape index (κ3) is 6.65. The lowest BCUT2D eigenvalue weighted by Gasteiger charge is -2.27. The van der Waals surface area contributed by atoms with Gasteiger partial charge < -0.3 is 20.1 Å². The zero-order valence-corrected chi connectivity index (χ0v) is 18.5. The number of anilines is 1. The number of hydrogen-bond acceptors (Lipinski definition) is 4. The molecule has 0 unspecified atom stereocenters. The molecule has 0 aromatic heterocycles. The molecule has 2 heterocycles. The van der Waals surface area contributed by atoms with Crippen LogP contribution in [0.4, 0.5) is 5.69 Å². The zero-order chi connectivity index (χ0) is 22.1. The predicted octanol–water partition coefficient (Wildman–Crippen LogP) is 4.01. The number of hydrogen-bond donors (Lipinski definition) is 2. The van der Waals surface area contributed by atoms with Crippen LogP contribution in [0.15, 0.2) is 42.5 Å². The van der Waals surface area contributed by atoms with E-state index in [4.69, 9.17) is 9.84 Å². The maximum Gasteiger partial charge on any atom is 0.303 e. The fourth-order valence-electron chi connectivity index (χ4n) is 5.01. The van der Waals surface area contributed by atoms with Crippen molar-refractivity contribution >= 4 is 17.6 Å². The third-order valence-electron chi connectivity index (χ3n) is 6.54. The van der Waals surface area contributed by atoms with E-state index in [1.165, 1.54) is 0 Å². The fraction of sp³-hybridized carbons (Fsp3) is 0.600. The summed E-state index contributed by atoms with van der Waals surface area (Å²) in [4.78, 5) is 25.0. The lowest BCUT2D eigenvalue weighted by atomic mass is 9.76. The summed E-state index contributed by atoms with van der Waals surface area (Å²) in [6, 6.07) is 9.80. The molecule has 31 heavy (non-hydrogen) atoms. The first-order valence-electron chi connectivity index (χ1n) is 11.7. The summed E-state index contributed by atoms with van der Waals surface area (Å²) in [6.07, 6.45) is 11.1. The highest BCUT2D eigenvalue weighted by molar-refractivity contribution is 5.94. The van der Waals surface area contributed by atoms with Gasteiger partial charge in [0.25, 0.3) is 0 Å². The number of ether oxygens (including phenoxy) is 1. The molecule has 1 aromatic carbocycles. The second kappa shape index (κ2) is 12.0. The number of amides is 1. The first-order valence-corrected chi connectivity index (χ1v) is 11.7. The highest BCUT2D eigenvalue weighted by Crippen LogP contribution is 2.46. The van der Waals surface area contributed by atoms with Gasteiger partial charge in [-0.05, 0) is 76.0 Å². The largest absolute Gasteiger partial charge is 0.481 e. The van der Waals surface area contributed by atoms with Gasteiger partial charge in [0.05, 0.1) is 18.8 Å². The average Bonchev–Trinajstić information content (AvgIpc) is 3.37. The molecule has 2 saturated heterocycles. The van der Waals surface area contributed by atoms with Crippen LogP contribution >= 0.6 is 0 Å². The molecule has 4 atom stereocenters. The van der Waals surface area contributed by atoms with Crippen LogP contribution in [0.5, 0.6) is 0 Å². The lowest BCUT2D eigenvalue weighted by molar-refractivity contribution is -0.137. The molecule has 0 saturated carbocycles. The fourth-order valence-corrected chi connectivity index (χ4v) is 5.01. The number of fused-ring (bicyclic) bond motifs is 2. The van der Waals surface area contributed by atoms with Gasteiger partial charge in [-0.1, -0.05) is 30.4 Å². The number of nitrogens with one attached hydrogen (secondary N) is 1. The number of carbonyl (C=O) groups is 2. The zero-order valence-electron chi connectivity index (χ0n) is 18.5. The first kappa shape index (κ1) is 23.5. The van der Waals surface area contributed by atoms with Crippen molar-refractivity contribution in [1.29, 1.82) is 0 Å². The standard InChI is InChI=1S/C25H36N2O4/c1-2-27(19-10-6-5-7-11-19)24(28)18-26-17-16-21-20(22-14-15-23(21)31-22)12-8-3-4-9-13-25(29)30/h3,5-8,10-11,20-23,26H,2,4,9,12-18H2,1H3,(H,29,30)/b8-3-/t20-,21+,22-,23+/m1/s1. The Morgan fingerprint density at radius 1 is 1.16 bits per heavy atom. The summed E-state index contributed by atoms with van der Waals surface area (Å²) in [5.74, 6) is 0.426. The molecule has 2 aliphatic heterocycles. The topological polar surface area (TPSA) is 78.9 Å². The Morgan fingerprint density at radius 3 is 2.61 bits per heavy atom. The molecule has 0 aliphatic carbocycles. The molecule has 170 valence electrons. The van der Waals surface area contributed by atoms with Crippen LogP contribution in [0.1, 0.15) is 51.9 Å². The van der Waals surface area contributed by atoms with Crippen LogP contribution in [-0.2, 0) is 14.3 Å². The van der Waals surface area contributed by atoms with E-state index in [9.17, 15) is 9.59 Å². The Balaban J connectivity index is 1.40. The highest BCUT2D eigenvalue weighted by atomic mass is 16.5. The van der Waals surface area contributed by atoms with Crippen molar-refractivity contribution in [3.8, 4) is 0 Å². The van der Waals surface area contributed by atoms with Crippen LogP contribution in [0.2, 0.25) is 0 Å². The lowest BCUT2D eigenvalue weighted by Crippen LogP contribution is -2.39. The van der Waals surface area contributed by atoms with Crippen molar-refractivity contribution in [3.05, 3.63) is 42.5 Å². The Hall–Kier alpha value is -2.18. The van der Waals surface area contributed by atoms with E-state index in [1.807, 2.05) is 42.2 Å². The molecule has 6 nitrogen and oxygen atoms in total. The van der Waals surface area contributed by atoms with Crippen LogP contribution < -0.4 is 10.2 Å². The second-order valence-corrected chi connectivity index (χ2v) is 8.55. The van der Waals surface area contributed by atoms with Gasteiger partial charge in [0.2, 0.25) is 5.91 Å². The number of allylic oxidation sites excluding steroid dienone is 2. The normalized spacial score (nSPS) is 24.7. The molecule has 0 radical (unpaired) electrons. The SMILES string of the molecule is CCN(C(=O)CNCC[C@H]1[C@@H](C/C=C\CCCC(=O)O)[C@H]2CC[C@@H]1O2)c1ccccc1. The molecular weight excluding hydrogens is 392 g/mol. The van der Waals surface area contributed by atoms with Gasteiger partial charge in [-0.15, -0.1) is 0 Å². The van der Waals surface area contributed by atoms with Gasteiger partial charge in [0.15, 0.2) is 0 Å². The van der Waals surface area contributed by atoms with Crippen molar-refractivity contribution in [3.63, 3.8) is 0 Å². The van der Waals surface area contributed by atoms with Gasteiger partial charge in [-0.3, -0.25) is 9.59 Å². The van der Waals surface area contributed by atoms with Gasteiger partial charge in [0.1, 0.15) is 0 Å². The number of carboxylic acids is 1. The van der Waals surface area contributed by atoms with Crippen LogP contribution in [0, 0.1) is 11.8 Å². The van der Waals surface area contributed by atoms with Crippen molar-refractivity contribution in [2.45, 2.75) is 64.1 Å². The smallest absolute Gasteiger partial charge is 0.303 e. The van der Waals surface area contributed by atoms with Gasteiger partial charge in [0, 0.05) is 18.7 Å². The Labute approximate surface area is 185 Å². The van der Waals surface area contributed by atoms with E-state index in [0.717, 1.165) is 44.3 Å². The molecule has 2 N–H and O–H groups in total. The molecule has 2 bridgehead atoms. The van der Waals surface area contributed by atoms with Crippen molar-refractivity contribution in [1.82, 2.24) is 5.32 Å². The molecule has 0 spiro atoms. The number of unbranched alkanes of at least 4 members (excludes halogenated alkanes) is 1. The molecule has 3 rings (SSSR count). The molecule has 6 heteroatoms. The summed E-state index contributed by atoms with van der Waals surface area (Å²) in [6.45, 7) is 3.82. The van der Waals surface area contributed by atoms with E-state index >= 15 is 0 Å². The predicted molar refractivity (Wildman–Crippen MR) is 122 cm³/mol. The number of rotatable bonds is 13. The minimum Gasteiger partial charge on any atom is -0.481 e. The van der Waals surface area contributed by atoms with Crippen LogP contribution in [-0.4, -0.2) is 48.8 Å². The third-order valence-corrected chi connectivity index (χ3v) is 6.54. The second-order valence-electron chi connectivity index (χ2n) is 8.55. The average molecular weight is 429 g/mol. The number of benzene rings is 1. The summed E-state index contributed by atoms with van der Waals surface area (Å²) < 4.78 is 6.18. The van der Waals surface area contributed by atoms with E-state index < -0.39 is 5.97 Å².